The number of halogens is 1. The number of para-hydroxylation sites is 1. The lowest BCUT2D eigenvalue weighted by Crippen LogP contribution is -2.36. The molecule has 19 heavy (non-hydrogen) atoms. The van der Waals surface area contributed by atoms with Crippen molar-refractivity contribution in [2.24, 2.45) is 0 Å². The number of carbonyl (C=O) groups excluding carboxylic acids is 1. The Bertz CT molecular complexity index is 633. The molecular formula is C15H14FNO2. The number of hydrogen-bond donors (Lipinski definition) is 0. The Kier molecular flexibility index (Phi) is 2.85. The Hall–Kier alpha value is -2.10. The minimum absolute atomic E-state index is 0.197. The van der Waals surface area contributed by atoms with Gasteiger partial charge in [-0.15, -0.1) is 0 Å². The lowest BCUT2D eigenvalue weighted by molar-refractivity contribution is 0.0982. The number of fused-ring (bicyclic) bond motifs is 1. The third-order valence-electron chi connectivity index (χ3n) is 3.50. The summed E-state index contributed by atoms with van der Waals surface area (Å²) in [6.07, 6.45) is 3.13. The van der Waals surface area contributed by atoms with Gasteiger partial charge >= 0.3 is 0 Å². The summed E-state index contributed by atoms with van der Waals surface area (Å²) in [4.78, 5) is 14.0. The molecule has 1 aromatic carbocycles. The molecule has 1 aromatic heterocycles. The van der Waals surface area contributed by atoms with Crippen molar-refractivity contribution in [2.45, 2.75) is 19.8 Å². The van der Waals surface area contributed by atoms with E-state index < -0.39 is 0 Å². The van der Waals surface area contributed by atoms with Gasteiger partial charge in [0, 0.05) is 6.54 Å². The van der Waals surface area contributed by atoms with Gasteiger partial charge in [0.1, 0.15) is 11.6 Å². The van der Waals surface area contributed by atoms with Crippen LogP contribution in [0.1, 0.15) is 28.1 Å². The first-order valence-corrected chi connectivity index (χ1v) is 6.32. The van der Waals surface area contributed by atoms with Crippen LogP contribution >= 0.6 is 0 Å². The minimum atomic E-state index is -0.341. The summed E-state index contributed by atoms with van der Waals surface area (Å²) in [6, 6.07) is 6.59. The molecule has 0 unspecified atom stereocenters. The van der Waals surface area contributed by atoms with Crippen molar-refractivity contribution >= 4 is 11.6 Å². The van der Waals surface area contributed by atoms with Crippen LogP contribution in [0, 0.1) is 12.7 Å². The zero-order chi connectivity index (χ0) is 13.4. The van der Waals surface area contributed by atoms with Crippen LogP contribution in [0.15, 0.2) is 34.9 Å². The van der Waals surface area contributed by atoms with E-state index >= 15 is 0 Å². The highest BCUT2D eigenvalue weighted by Crippen LogP contribution is 2.31. The fraction of sp³-hybridized carbons (Fsp3) is 0.267. The summed E-state index contributed by atoms with van der Waals surface area (Å²) < 4.78 is 19.2. The highest BCUT2D eigenvalue weighted by atomic mass is 19.1. The Balaban J connectivity index is 2.05. The quantitative estimate of drug-likeness (QED) is 0.787. The van der Waals surface area contributed by atoms with Crippen molar-refractivity contribution in [1.29, 1.82) is 0 Å². The van der Waals surface area contributed by atoms with E-state index in [1.165, 1.54) is 17.2 Å². The molecule has 4 heteroatoms. The van der Waals surface area contributed by atoms with E-state index in [4.69, 9.17) is 4.42 Å². The monoisotopic (exact) mass is 259 g/mol. The molecule has 0 spiro atoms. The van der Waals surface area contributed by atoms with Gasteiger partial charge in [-0.2, -0.15) is 0 Å². The van der Waals surface area contributed by atoms with Crippen LogP contribution in [0.2, 0.25) is 0 Å². The van der Waals surface area contributed by atoms with Crippen LogP contribution < -0.4 is 4.90 Å². The molecule has 0 saturated heterocycles. The molecule has 1 aliphatic heterocycles. The number of carbonyl (C=O) groups is 1. The van der Waals surface area contributed by atoms with Gasteiger partial charge in [-0.1, -0.05) is 12.1 Å². The molecule has 0 fully saturated rings. The van der Waals surface area contributed by atoms with Gasteiger partial charge in [0.15, 0.2) is 0 Å². The number of rotatable bonds is 1. The highest BCUT2D eigenvalue weighted by Gasteiger charge is 2.27. The number of aryl methyl sites for hydroxylation is 2. The molecule has 1 aliphatic rings. The third-order valence-corrected chi connectivity index (χ3v) is 3.50. The predicted octanol–water partition coefficient (Wildman–Crippen LogP) is 3.32. The lowest BCUT2D eigenvalue weighted by Gasteiger charge is -2.29. The second kappa shape index (κ2) is 4.53. The Morgan fingerprint density at radius 3 is 2.95 bits per heavy atom. The van der Waals surface area contributed by atoms with Crippen LogP contribution in [0.4, 0.5) is 10.1 Å². The zero-order valence-electron chi connectivity index (χ0n) is 10.6. The van der Waals surface area contributed by atoms with Gasteiger partial charge < -0.3 is 9.32 Å². The van der Waals surface area contributed by atoms with E-state index in [2.05, 4.69) is 0 Å². The molecule has 0 saturated carbocycles. The lowest BCUT2D eigenvalue weighted by atomic mass is 10.0. The second-order valence-electron chi connectivity index (χ2n) is 4.70. The number of furan rings is 1. The standard InChI is InChI=1S/C15H14FNO2/c1-10-12(7-9-19-10)15(18)17-8-3-5-11-4-2-6-13(16)14(11)17/h2,4,6-7,9H,3,5,8H2,1H3. The fourth-order valence-corrected chi connectivity index (χ4v) is 2.56. The predicted molar refractivity (Wildman–Crippen MR) is 69.8 cm³/mol. The van der Waals surface area contributed by atoms with Gasteiger partial charge in [0.25, 0.3) is 5.91 Å². The van der Waals surface area contributed by atoms with Crippen LogP contribution in [0.3, 0.4) is 0 Å². The molecule has 2 aromatic rings. The number of amides is 1. The van der Waals surface area contributed by atoms with Gasteiger partial charge in [-0.25, -0.2) is 4.39 Å². The number of benzene rings is 1. The van der Waals surface area contributed by atoms with Crippen LogP contribution in [0.5, 0.6) is 0 Å². The van der Waals surface area contributed by atoms with E-state index in [-0.39, 0.29) is 11.7 Å². The van der Waals surface area contributed by atoms with Crippen molar-refractivity contribution in [3.8, 4) is 0 Å². The molecule has 2 heterocycles. The highest BCUT2D eigenvalue weighted by molar-refractivity contribution is 6.07. The summed E-state index contributed by atoms with van der Waals surface area (Å²) in [5.41, 5.74) is 1.80. The largest absolute Gasteiger partial charge is 0.469 e. The van der Waals surface area contributed by atoms with E-state index in [0.29, 0.717) is 23.6 Å². The molecule has 3 nitrogen and oxygen atoms in total. The maximum Gasteiger partial charge on any atom is 0.261 e. The average molecular weight is 259 g/mol. The minimum Gasteiger partial charge on any atom is -0.469 e. The fourth-order valence-electron chi connectivity index (χ4n) is 2.56. The number of hydrogen-bond acceptors (Lipinski definition) is 2. The van der Waals surface area contributed by atoms with Crippen molar-refractivity contribution in [3.05, 3.63) is 53.2 Å². The Morgan fingerprint density at radius 1 is 1.37 bits per heavy atom. The van der Waals surface area contributed by atoms with Crippen LogP contribution in [0.25, 0.3) is 0 Å². The molecule has 0 aliphatic carbocycles. The van der Waals surface area contributed by atoms with Crippen molar-refractivity contribution in [3.63, 3.8) is 0 Å². The first-order valence-electron chi connectivity index (χ1n) is 6.32. The second-order valence-corrected chi connectivity index (χ2v) is 4.70. The molecule has 1 amide bonds. The van der Waals surface area contributed by atoms with E-state index in [1.54, 1.807) is 19.1 Å². The SMILES string of the molecule is Cc1occc1C(=O)N1CCCc2cccc(F)c21. The average Bonchev–Trinajstić information content (AvgIpc) is 2.84. The van der Waals surface area contributed by atoms with E-state index in [9.17, 15) is 9.18 Å². The van der Waals surface area contributed by atoms with Gasteiger partial charge in [0.05, 0.1) is 17.5 Å². The molecule has 0 radical (unpaired) electrons. The van der Waals surface area contributed by atoms with Crippen LogP contribution in [-0.4, -0.2) is 12.5 Å². The number of anilines is 1. The maximum atomic E-state index is 14.0. The molecule has 3 rings (SSSR count). The third kappa shape index (κ3) is 1.93. The molecule has 98 valence electrons. The summed E-state index contributed by atoms with van der Waals surface area (Å²) in [7, 11) is 0. The Labute approximate surface area is 110 Å². The first kappa shape index (κ1) is 12.0. The van der Waals surface area contributed by atoms with Crippen molar-refractivity contribution < 1.29 is 13.6 Å². The van der Waals surface area contributed by atoms with Gasteiger partial charge in [0.2, 0.25) is 0 Å². The summed E-state index contributed by atoms with van der Waals surface area (Å²) in [5, 5.41) is 0. The summed E-state index contributed by atoms with van der Waals surface area (Å²) in [5.74, 6) is 0.0254. The Morgan fingerprint density at radius 2 is 2.21 bits per heavy atom. The van der Waals surface area contributed by atoms with Gasteiger partial charge in [-0.05, 0) is 37.5 Å². The molecular weight excluding hydrogens is 245 g/mol. The van der Waals surface area contributed by atoms with E-state index in [0.717, 1.165) is 18.4 Å². The van der Waals surface area contributed by atoms with Crippen molar-refractivity contribution in [1.82, 2.24) is 0 Å². The molecule has 0 atom stereocenters. The topological polar surface area (TPSA) is 33.5 Å². The van der Waals surface area contributed by atoms with Crippen molar-refractivity contribution in [2.75, 3.05) is 11.4 Å². The van der Waals surface area contributed by atoms with Crippen LogP contribution in [-0.2, 0) is 6.42 Å². The first-order chi connectivity index (χ1) is 9.18. The number of nitrogens with zero attached hydrogens (tertiary/aromatic N) is 1. The normalized spacial score (nSPS) is 14.3. The maximum absolute atomic E-state index is 14.0. The molecule has 0 N–H and O–H groups in total. The smallest absolute Gasteiger partial charge is 0.261 e. The zero-order valence-corrected chi connectivity index (χ0v) is 10.6. The van der Waals surface area contributed by atoms with E-state index in [1.807, 2.05) is 6.07 Å². The summed E-state index contributed by atoms with van der Waals surface area (Å²) >= 11 is 0. The van der Waals surface area contributed by atoms with Gasteiger partial charge in [-0.3, -0.25) is 4.79 Å². The summed E-state index contributed by atoms with van der Waals surface area (Å²) in [6.45, 7) is 2.27. The molecule has 0 bridgehead atoms.